The van der Waals surface area contributed by atoms with Crippen LogP contribution in [0.5, 0.6) is 0 Å². The number of hydrogen-bond donors (Lipinski definition) is 0. The maximum atomic E-state index is 13.6. The van der Waals surface area contributed by atoms with Crippen molar-refractivity contribution in [3.05, 3.63) is 126 Å². The first kappa shape index (κ1) is 27.5. The summed E-state index contributed by atoms with van der Waals surface area (Å²) < 4.78 is 4.41. The molecule has 0 bridgehead atoms. The van der Waals surface area contributed by atoms with Crippen molar-refractivity contribution in [2.24, 2.45) is 7.05 Å². The Bertz CT molecular complexity index is 2340. The van der Waals surface area contributed by atoms with Gasteiger partial charge in [-0.05, 0) is 67.7 Å². The second kappa shape index (κ2) is 10.3. The summed E-state index contributed by atoms with van der Waals surface area (Å²) in [5, 5.41) is 3.54. The SMILES string of the molecule is CBr.CC[n+]1c(-c2ccccc2)c2cc(-n3c(=O)c4cc5c(=O)n(C)c(=O)c5cc4c3=O)ccc2c2ccc(C)cc21. The molecule has 208 valence electrons. The van der Waals surface area contributed by atoms with Crippen LogP contribution in [0, 0.1) is 6.92 Å². The first-order chi connectivity index (χ1) is 20.3. The maximum Gasteiger partial charge on any atom is 0.266 e. The highest BCUT2D eigenvalue weighted by atomic mass is 79.9. The minimum atomic E-state index is -0.516. The predicted octanol–water partition coefficient (Wildman–Crippen LogP) is 5.04. The summed E-state index contributed by atoms with van der Waals surface area (Å²) in [5.74, 6) is 1.81. The average molecular weight is 622 g/mol. The Labute approximate surface area is 248 Å². The van der Waals surface area contributed by atoms with Gasteiger partial charge in [0.15, 0.2) is 0 Å². The molecule has 0 radical (unpaired) electrons. The molecule has 0 unspecified atom stereocenters. The first-order valence-electron chi connectivity index (χ1n) is 13.5. The van der Waals surface area contributed by atoms with Crippen LogP contribution in [-0.4, -0.2) is 15.0 Å². The Morgan fingerprint density at radius 2 is 1.21 bits per heavy atom. The summed E-state index contributed by atoms with van der Waals surface area (Å²) in [7, 11) is 1.39. The molecule has 0 aliphatic heterocycles. The van der Waals surface area contributed by atoms with Crippen LogP contribution in [0.15, 0.2) is 98.0 Å². The molecule has 0 aliphatic carbocycles. The third-order valence-electron chi connectivity index (χ3n) is 7.98. The van der Waals surface area contributed by atoms with Crippen LogP contribution in [0.4, 0.5) is 0 Å². The van der Waals surface area contributed by atoms with E-state index in [0.29, 0.717) is 5.69 Å². The van der Waals surface area contributed by atoms with Crippen LogP contribution in [0.25, 0.3) is 60.2 Å². The third kappa shape index (κ3) is 3.89. The van der Waals surface area contributed by atoms with Gasteiger partial charge >= 0.3 is 0 Å². The van der Waals surface area contributed by atoms with Crippen molar-refractivity contribution >= 4 is 59.2 Å². The van der Waals surface area contributed by atoms with Gasteiger partial charge in [-0.3, -0.25) is 23.7 Å². The molecule has 42 heavy (non-hydrogen) atoms. The van der Waals surface area contributed by atoms with Crippen LogP contribution >= 0.6 is 15.9 Å². The lowest BCUT2D eigenvalue weighted by molar-refractivity contribution is -0.655. The molecule has 7 rings (SSSR count). The van der Waals surface area contributed by atoms with E-state index in [0.717, 1.165) is 54.2 Å². The van der Waals surface area contributed by atoms with Crippen molar-refractivity contribution in [2.45, 2.75) is 20.4 Å². The molecule has 0 aliphatic rings. The summed E-state index contributed by atoms with van der Waals surface area (Å²) in [6.07, 6.45) is 0. The number of benzene rings is 4. The van der Waals surface area contributed by atoms with E-state index in [-0.39, 0.29) is 21.5 Å². The molecule has 0 N–H and O–H groups in total. The van der Waals surface area contributed by atoms with E-state index in [1.54, 1.807) is 6.07 Å². The first-order valence-corrected chi connectivity index (χ1v) is 15.1. The van der Waals surface area contributed by atoms with Crippen molar-refractivity contribution in [3.63, 3.8) is 0 Å². The Kier molecular flexibility index (Phi) is 6.74. The van der Waals surface area contributed by atoms with E-state index < -0.39 is 22.2 Å². The molecule has 4 aromatic carbocycles. The summed E-state index contributed by atoms with van der Waals surface area (Å²) in [6.45, 7) is 4.90. The van der Waals surface area contributed by atoms with Crippen molar-refractivity contribution < 1.29 is 4.57 Å². The van der Waals surface area contributed by atoms with Gasteiger partial charge < -0.3 is 0 Å². The lowest BCUT2D eigenvalue weighted by atomic mass is 9.97. The second-order valence-corrected chi connectivity index (χ2v) is 10.3. The monoisotopic (exact) mass is 620 g/mol. The zero-order chi connectivity index (χ0) is 29.9. The number of alkyl halides is 1. The highest BCUT2D eigenvalue weighted by Gasteiger charge is 2.24. The summed E-state index contributed by atoms with van der Waals surface area (Å²) >= 11 is 2.94. The lowest BCUT2D eigenvalue weighted by Crippen LogP contribution is -2.36. The molecule has 0 atom stereocenters. The van der Waals surface area contributed by atoms with Crippen molar-refractivity contribution in [3.8, 4) is 16.9 Å². The Morgan fingerprint density at radius 1 is 0.643 bits per heavy atom. The van der Waals surface area contributed by atoms with Crippen LogP contribution in [0.3, 0.4) is 0 Å². The molecular formula is C34H27BrN3O4+. The Morgan fingerprint density at radius 3 is 1.81 bits per heavy atom. The van der Waals surface area contributed by atoms with Gasteiger partial charge in [0.05, 0.1) is 38.0 Å². The molecule has 0 spiro atoms. The topological polar surface area (TPSA) is 82.0 Å². The molecular weight excluding hydrogens is 594 g/mol. The summed E-state index contributed by atoms with van der Waals surface area (Å²) in [4.78, 5) is 52.4. The molecule has 0 saturated carbocycles. The van der Waals surface area contributed by atoms with Gasteiger partial charge in [0.25, 0.3) is 22.2 Å². The van der Waals surface area contributed by atoms with Gasteiger partial charge in [0.1, 0.15) is 6.54 Å². The quantitative estimate of drug-likeness (QED) is 0.157. The van der Waals surface area contributed by atoms with Crippen LogP contribution in [0.1, 0.15) is 12.5 Å². The second-order valence-electron chi connectivity index (χ2n) is 10.3. The van der Waals surface area contributed by atoms with Crippen molar-refractivity contribution in [2.75, 3.05) is 5.83 Å². The van der Waals surface area contributed by atoms with Crippen LogP contribution in [0.2, 0.25) is 0 Å². The van der Waals surface area contributed by atoms with Crippen molar-refractivity contribution in [1.29, 1.82) is 0 Å². The predicted molar refractivity (Wildman–Crippen MR) is 173 cm³/mol. The molecule has 3 heterocycles. The van der Waals surface area contributed by atoms with E-state index in [1.807, 2.05) is 36.2 Å². The Hall–Kier alpha value is -4.69. The normalized spacial score (nSPS) is 11.5. The number of nitrogens with zero attached hydrogens (tertiary/aromatic N) is 3. The zero-order valence-electron chi connectivity index (χ0n) is 23.6. The Balaban J connectivity index is 0.00000155. The van der Waals surface area contributed by atoms with E-state index in [9.17, 15) is 19.2 Å². The fourth-order valence-corrected chi connectivity index (χ4v) is 6.03. The number of aromatic nitrogens is 3. The van der Waals surface area contributed by atoms with Crippen LogP contribution < -0.4 is 26.8 Å². The number of pyridine rings is 1. The summed E-state index contributed by atoms with van der Waals surface area (Å²) in [5.41, 5.74) is 2.72. The van der Waals surface area contributed by atoms with E-state index >= 15 is 0 Å². The van der Waals surface area contributed by atoms with Gasteiger partial charge in [-0.15, -0.1) is 0 Å². The number of aryl methyl sites for hydroxylation is 2. The maximum absolute atomic E-state index is 13.6. The standard InChI is InChI=1S/C33H24N3O4.CH3Br/c1-4-35-28-14-18(2)10-12-22(28)21-13-11-20(15-23(21)29(35)19-8-6-5-7-9-19)36-32(39)26-16-24-25(17-27(26)33(36)40)31(38)34(3)30(24)37;1-2/h5-17H,4H2,1-3H3;1H3/q+1;. The minimum absolute atomic E-state index is 0.126. The van der Waals surface area contributed by atoms with Gasteiger partial charge in [-0.1, -0.05) is 46.3 Å². The molecule has 0 saturated heterocycles. The third-order valence-corrected chi connectivity index (χ3v) is 7.98. The minimum Gasteiger partial charge on any atom is -0.277 e. The molecule has 0 amide bonds. The molecule has 7 nitrogen and oxygen atoms in total. The van der Waals surface area contributed by atoms with Crippen molar-refractivity contribution in [1.82, 2.24) is 9.13 Å². The molecule has 0 fully saturated rings. The highest BCUT2D eigenvalue weighted by molar-refractivity contribution is 9.08. The fourth-order valence-electron chi connectivity index (χ4n) is 6.03. The molecule has 7 aromatic rings. The summed E-state index contributed by atoms with van der Waals surface area (Å²) in [6, 6.07) is 24.9. The largest absolute Gasteiger partial charge is 0.277 e. The van der Waals surface area contributed by atoms with Gasteiger partial charge in [-0.25, -0.2) is 4.57 Å². The van der Waals surface area contributed by atoms with Gasteiger partial charge in [-0.2, -0.15) is 4.57 Å². The van der Waals surface area contributed by atoms with Crippen LogP contribution in [-0.2, 0) is 13.6 Å². The zero-order valence-corrected chi connectivity index (χ0v) is 25.2. The number of hydrogen-bond acceptors (Lipinski definition) is 4. The lowest BCUT2D eigenvalue weighted by Gasteiger charge is -2.13. The highest BCUT2D eigenvalue weighted by Crippen LogP contribution is 2.33. The smallest absolute Gasteiger partial charge is 0.266 e. The van der Waals surface area contributed by atoms with E-state index in [4.69, 9.17) is 0 Å². The average Bonchev–Trinajstić information content (AvgIpc) is 3.39. The molecule has 3 aromatic heterocycles. The van der Waals surface area contributed by atoms with E-state index in [2.05, 4.69) is 64.7 Å². The van der Waals surface area contributed by atoms with E-state index in [1.165, 1.54) is 19.2 Å². The fraction of sp³-hybridized carbons (Fsp3) is 0.147. The van der Waals surface area contributed by atoms with Gasteiger partial charge in [0.2, 0.25) is 11.2 Å². The number of rotatable bonds is 3. The number of fused-ring (bicyclic) bond motifs is 5. The molecule has 8 heteroatoms. The van der Waals surface area contributed by atoms with Gasteiger partial charge in [0, 0.05) is 24.1 Å². The number of halogens is 1.